The lowest BCUT2D eigenvalue weighted by Crippen LogP contribution is -2.36. The van der Waals surface area contributed by atoms with Crippen LogP contribution in [0.2, 0.25) is 0 Å². The molecule has 1 amide bonds. The van der Waals surface area contributed by atoms with Crippen LogP contribution in [-0.4, -0.2) is 35.2 Å². The Bertz CT molecular complexity index is 1430. The SMILES string of the molecule is Cn1ncc2c(=O)n(CC(=O)N[C@@H](Cc3ccccc3)c3nc4ccccc4[nH]3)cnc21. The minimum Gasteiger partial charge on any atom is -0.344 e. The molecule has 5 aromatic rings. The Labute approximate surface area is 182 Å². The van der Waals surface area contributed by atoms with E-state index in [-0.39, 0.29) is 24.1 Å². The first kappa shape index (κ1) is 19.7. The summed E-state index contributed by atoms with van der Waals surface area (Å²) >= 11 is 0. The molecule has 0 aliphatic heterocycles. The minimum atomic E-state index is -0.386. The first-order chi connectivity index (χ1) is 15.6. The lowest BCUT2D eigenvalue weighted by atomic mass is 10.1. The summed E-state index contributed by atoms with van der Waals surface area (Å²) in [5, 5.41) is 7.47. The highest BCUT2D eigenvalue weighted by Gasteiger charge is 2.20. The van der Waals surface area contributed by atoms with E-state index in [1.54, 1.807) is 7.05 Å². The monoisotopic (exact) mass is 427 g/mol. The number of imidazole rings is 1. The number of nitrogens with one attached hydrogen (secondary N) is 2. The van der Waals surface area contributed by atoms with Gasteiger partial charge < -0.3 is 10.3 Å². The Kier molecular flexibility index (Phi) is 4.98. The fourth-order valence-corrected chi connectivity index (χ4v) is 3.78. The molecule has 0 spiro atoms. The molecule has 0 radical (unpaired) electrons. The summed E-state index contributed by atoms with van der Waals surface area (Å²) in [6.07, 6.45) is 3.40. The van der Waals surface area contributed by atoms with Gasteiger partial charge in [0.25, 0.3) is 5.56 Å². The summed E-state index contributed by atoms with van der Waals surface area (Å²) in [6.45, 7) is -0.151. The maximum atomic E-state index is 12.9. The highest BCUT2D eigenvalue weighted by molar-refractivity contribution is 5.78. The van der Waals surface area contributed by atoms with Gasteiger partial charge in [-0.25, -0.2) is 9.97 Å². The van der Waals surface area contributed by atoms with Crippen LogP contribution >= 0.6 is 0 Å². The Morgan fingerprint density at radius 2 is 1.91 bits per heavy atom. The molecule has 0 aliphatic carbocycles. The molecule has 0 bridgehead atoms. The molecule has 0 fully saturated rings. The quantitative estimate of drug-likeness (QED) is 0.431. The molecule has 2 N–H and O–H groups in total. The van der Waals surface area contributed by atoms with E-state index in [0.29, 0.717) is 23.3 Å². The number of rotatable bonds is 6. The molecule has 9 heteroatoms. The molecule has 3 heterocycles. The van der Waals surface area contributed by atoms with E-state index in [1.807, 2.05) is 54.6 Å². The maximum Gasteiger partial charge on any atom is 0.264 e. The van der Waals surface area contributed by atoms with Gasteiger partial charge in [-0.3, -0.25) is 18.8 Å². The van der Waals surface area contributed by atoms with Crippen molar-refractivity contribution in [2.45, 2.75) is 19.0 Å². The van der Waals surface area contributed by atoms with E-state index in [9.17, 15) is 9.59 Å². The standard InChI is InChI=1S/C23H21N7O2/c1-29-22-16(12-25-29)23(32)30(14-24-22)13-20(31)26-19(11-15-7-3-2-4-8-15)21-27-17-9-5-6-10-18(17)28-21/h2-10,12,14,19H,11,13H2,1H3,(H,26,31)(H,27,28)/t19-/m0/s1. The molecule has 3 aromatic heterocycles. The van der Waals surface area contributed by atoms with E-state index < -0.39 is 0 Å². The van der Waals surface area contributed by atoms with Crippen LogP contribution in [-0.2, 0) is 24.8 Å². The predicted molar refractivity (Wildman–Crippen MR) is 120 cm³/mol. The zero-order chi connectivity index (χ0) is 22.1. The third-order valence-electron chi connectivity index (χ3n) is 5.39. The number of H-pyrrole nitrogens is 1. The van der Waals surface area contributed by atoms with Crippen molar-refractivity contribution in [1.29, 1.82) is 0 Å². The van der Waals surface area contributed by atoms with E-state index in [1.165, 1.54) is 21.8 Å². The number of aromatic nitrogens is 6. The third-order valence-corrected chi connectivity index (χ3v) is 5.39. The van der Waals surface area contributed by atoms with Crippen LogP contribution in [0, 0.1) is 0 Å². The fraction of sp³-hybridized carbons (Fsp3) is 0.174. The largest absolute Gasteiger partial charge is 0.344 e. The zero-order valence-electron chi connectivity index (χ0n) is 17.4. The first-order valence-electron chi connectivity index (χ1n) is 10.2. The summed E-state index contributed by atoms with van der Waals surface area (Å²) in [5.74, 6) is 0.357. The van der Waals surface area contributed by atoms with E-state index in [2.05, 4.69) is 25.4 Å². The summed E-state index contributed by atoms with van der Waals surface area (Å²) in [6, 6.07) is 17.2. The second-order valence-corrected chi connectivity index (χ2v) is 7.63. The predicted octanol–water partition coefficient (Wildman–Crippen LogP) is 2.11. The lowest BCUT2D eigenvalue weighted by Gasteiger charge is -2.17. The summed E-state index contributed by atoms with van der Waals surface area (Å²) < 4.78 is 2.82. The second-order valence-electron chi connectivity index (χ2n) is 7.63. The van der Waals surface area contributed by atoms with Gasteiger partial charge in [-0.2, -0.15) is 5.10 Å². The number of carbonyl (C=O) groups excluding carboxylic acids is 1. The third kappa shape index (κ3) is 3.76. The van der Waals surface area contributed by atoms with Gasteiger partial charge in [0.05, 0.1) is 23.3 Å². The van der Waals surface area contributed by atoms with Crippen LogP contribution in [0.25, 0.3) is 22.1 Å². The molecule has 0 saturated carbocycles. The maximum absolute atomic E-state index is 12.9. The number of para-hydroxylation sites is 2. The smallest absolute Gasteiger partial charge is 0.264 e. The van der Waals surface area contributed by atoms with E-state index in [4.69, 9.17) is 0 Å². The number of fused-ring (bicyclic) bond motifs is 2. The number of amides is 1. The molecule has 0 unspecified atom stereocenters. The number of hydrogen-bond donors (Lipinski definition) is 2. The van der Waals surface area contributed by atoms with Gasteiger partial charge >= 0.3 is 0 Å². The minimum absolute atomic E-state index is 0.151. The van der Waals surface area contributed by atoms with Crippen LogP contribution in [0.1, 0.15) is 17.4 Å². The molecule has 2 aromatic carbocycles. The van der Waals surface area contributed by atoms with Crippen molar-refractivity contribution in [3.63, 3.8) is 0 Å². The normalized spacial score (nSPS) is 12.3. The molecule has 0 aliphatic rings. The van der Waals surface area contributed by atoms with Crippen LogP contribution in [0.3, 0.4) is 0 Å². The number of aryl methyl sites for hydroxylation is 1. The van der Waals surface area contributed by atoms with Crippen molar-refractivity contribution in [2.75, 3.05) is 0 Å². The first-order valence-corrected chi connectivity index (χ1v) is 10.2. The van der Waals surface area contributed by atoms with E-state index in [0.717, 1.165) is 16.6 Å². The number of carbonyl (C=O) groups is 1. The van der Waals surface area contributed by atoms with Crippen molar-refractivity contribution < 1.29 is 4.79 Å². The number of aromatic amines is 1. The Hall–Kier alpha value is -4.27. The molecule has 160 valence electrons. The van der Waals surface area contributed by atoms with Crippen LogP contribution in [0.5, 0.6) is 0 Å². The van der Waals surface area contributed by atoms with Crippen LogP contribution < -0.4 is 10.9 Å². The zero-order valence-corrected chi connectivity index (χ0v) is 17.4. The van der Waals surface area contributed by atoms with Gasteiger partial charge in [0, 0.05) is 7.05 Å². The van der Waals surface area contributed by atoms with Gasteiger partial charge in [-0.15, -0.1) is 0 Å². The summed E-state index contributed by atoms with van der Waals surface area (Å²) in [4.78, 5) is 37.9. The van der Waals surface area contributed by atoms with E-state index >= 15 is 0 Å². The average Bonchev–Trinajstić information content (AvgIpc) is 3.40. The Balaban J connectivity index is 1.42. The van der Waals surface area contributed by atoms with Crippen molar-refractivity contribution in [3.05, 3.63) is 88.9 Å². The topological polar surface area (TPSA) is 110 Å². The molecule has 0 saturated heterocycles. The van der Waals surface area contributed by atoms with Crippen molar-refractivity contribution in [1.82, 2.24) is 34.6 Å². The van der Waals surface area contributed by atoms with Crippen molar-refractivity contribution >= 4 is 28.0 Å². The number of hydrogen-bond acceptors (Lipinski definition) is 5. The molecule has 9 nitrogen and oxygen atoms in total. The number of nitrogens with zero attached hydrogens (tertiary/aromatic N) is 5. The highest BCUT2D eigenvalue weighted by atomic mass is 16.2. The molecule has 1 atom stereocenters. The van der Waals surface area contributed by atoms with Crippen LogP contribution in [0.4, 0.5) is 0 Å². The molecule has 5 rings (SSSR count). The molecular weight excluding hydrogens is 406 g/mol. The molecule has 32 heavy (non-hydrogen) atoms. The van der Waals surface area contributed by atoms with Gasteiger partial charge in [0.1, 0.15) is 24.1 Å². The van der Waals surface area contributed by atoms with Crippen molar-refractivity contribution in [3.8, 4) is 0 Å². The van der Waals surface area contributed by atoms with Gasteiger partial charge in [0.2, 0.25) is 5.91 Å². The highest BCUT2D eigenvalue weighted by Crippen LogP contribution is 2.20. The summed E-state index contributed by atoms with van der Waals surface area (Å²) in [7, 11) is 1.72. The second kappa shape index (κ2) is 8.10. The van der Waals surface area contributed by atoms with Gasteiger partial charge in [-0.05, 0) is 24.1 Å². The Morgan fingerprint density at radius 1 is 1.12 bits per heavy atom. The lowest BCUT2D eigenvalue weighted by molar-refractivity contribution is -0.122. The van der Waals surface area contributed by atoms with Gasteiger partial charge in [0.15, 0.2) is 5.65 Å². The summed E-state index contributed by atoms with van der Waals surface area (Å²) in [5.41, 5.74) is 2.97. The van der Waals surface area contributed by atoms with Gasteiger partial charge in [-0.1, -0.05) is 42.5 Å². The number of benzene rings is 2. The fourth-order valence-electron chi connectivity index (χ4n) is 3.78. The molecular formula is C23H21N7O2. The Morgan fingerprint density at radius 3 is 2.72 bits per heavy atom. The average molecular weight is 427 g/mol. The van der Waals surface area contributed by atoms with Crippen molar-refractivity contribution in [2.24, 2.45) is 7.05 Å². The van der Waals surface area contributed by atoms with Crippen LogP contribution in [0.15, 0.2) is 71.9 Å².